The van der Waals surface area contributed by atoms with E-state index in [4.69, 9.17) is 4.74 Å². The average molecular weight is 401 g/mol. The molecule has 2 rings (SSSR count). The fourth-order valence-corrected chi connectivity index (χ4v) is 3.81. The minimum atomic E-state index is -3.41. The molecule has 1 aliphatic heterocycles. The molecule has 0 aliphatic carbocycles. The van der Waals surface area contributed by atoms with E-state index in [9.17, 15) is 22.4 Å². The van der Waals surface area contributed by atoms with Gasteiger partial charge >= 0.3 is 0 Å². The summed E-state index contributed by atoms with van der Waals surface area (Å²) < 4.78 is 43.5. The molecule has 1 aromatic carbocycles. The molecule has 150 valence electrons. The molecular weight excluding hydrogens is 377 g/mol. The fourth-order valence-electron chi connectivity index (χ4n) is 2.64. The number of rotatable bonds is 8. The zero-order chi connectivity index (χ0) is 20.0. The number of sulfonamides is 1. The highest BCUT2D eigenvalue weighted by Gasteiger charge is 2.34. The van der Waals surface area contributed by atoms with Crippen LogP contribution >= 0.6 is 0 Å². The van der Waals surface area contributed by atoms with Crippen molar-refractivity contribution < 1.29 is 27.1 Å². The maximum atomic E-state index is 13.1. The highest BCUT2D eigenvalue weighted by Crippen LogP contribution is 2.17. The van der Waals surface area contributed by atoms with Crippen molar-refractivity contribution in [3.8, 4) is 0 Å². The van der Waals surface area contributed by atoms with Crippen LogP contribution in [0.25, 0.3) is 0 Å². The van der Waals surface area contributed by atoms with E-state index >= 15 is 0 Å². The van der Waals surface area contributed by atoms with Crippen LogP contribution in [-0.4, -0.2) is 63.6 Å². The Balaban J connectivity index is 1.80. The molecule has 0 spiro atoms. The van der Waals surface area contributed by atoms with Crippen molar-refractivity contribution in [1.29, 1.82) is 0 Å². The maximum absolute atomic E-state index is 13.1. The minimum Gasteiger partial charge on any atom is -0.379 e. The molecule has 27 heavy (non-hydrogen) atoms. The van der Waals surface area contributed by atoms with E-state index in [0.29, 0.717) is 5.69 Å². The lowest BCUT2D eigenvalue weighted by Gasteiger charge is -2.21. The summed E-state index contributed by atoms with van der Waals surface area (Å²) in [5, 5.41) is 5.25. The third-order valence-electron chi connectivity index (χ3n) is 4.21. The molecule has 8 nitrogen and oxygen atoms in total. The lowest BCUT2D eigenvalue weighted by molar-refractivity contribution is -0.125. The Morgan fingerprint density at radius 2 is 1.93 bits per heavy atom. The molecule has 0 aromatic heterocycles. The number of ether oxygens (including phenoxy) is 1. The van der Waals surface area contributed by atoms with Gasteiger partial charge < -0.3 is 15.4 Å². The van der Waals surface area contributed by atoms with Crippen LogP contribution in [0.4, 0.5) is 10.1 Å². The quantitative estimate of drug-likeness (QED) is 0.663. The van der Waals surface area contributed by atoms with Gasteiger partial charge in [-0.15, -0.1) is 0 Å². The smallest absolute Gasteiger partial charge is 0.224 e. The van der Waals surface area contributed by atoms with Crippen molar-refractivity contribution in [1.82, 2.24) is 9.62 Å². The molecule has 1 fully saturated rings. The molecule has 2 atom stereocenters. The normalized spacial score (nSPS) is 19.9. The van der Waals surface area contributed by atoms with Gasteiger partial charge in [0.15, 0.2) is 0 Å². The van der Waals surface area contributed by atoms with Gasteiger partial charge in [0, 0.05) is 38.5 Å². The Labute approximate surface area is 158 Å². The molecule has 10 heteroatoms. The highest BCUT2D eigenvalue weighted by molar-refractivity contribution is 7.89. The predicted octanol–water partition coefficient (Wildman–Crippen LogP) is 0.567. The Morgan fingerprint density at radius 1 is 1.22 bits per heavy atom. The number of nitrogens with zero attached hydrogens (tertiary/aromatic N) is 1. The second-order valence-corrected chi connectivity index (χ2v) is 8.82. The van der Waals surface area contributed by atoms with Crippen LogP contribution in [0.1, 0.15) is 12.8 Å². The first-order valence-electron chi connectivity index (χ1n) is 8.50. The Hall–Kier alpha value is -2.04. The van der Waals surface area contributed by atoms with Gasteiger partial charge in [-0.25, -0.2) is 17.1 Å². The minimum absolute atomic E-state index is 0.0647. The van der Waals surface area contributed by atoms with Crippen molar-refractivity contribution in [2.24, 2.45) is 5.92 Å². The van der Waals surface area contributed by atoms with E-state index < -0.39 is 27.8 Å². The first kappa shape index (κ1) is 21.3. The SMILES string of the molecule is CN(C)S(=O)(=O)C[C@@H]1COC[C@@H]1NC(=O)CCC(=O)Nc1cccc(F)c1. The Bertz CT molecular complexity index is 785. The molecular formula is C17H24FN3O5S. The van der Waals surface area contributed by atoms with Gasteiger partial charge in [0.25, 0.3) is 0 Å². The maximum Gasteiger partial charge on any atom is 0.224 e. The lowest BCUT2D eigenvalue weighted by Crippen LogP contribution is -2.43. The summed E-state index contributed by atoms with van der Waals surface area (Å²) in [7, 11) is -0.498. The first-order valence-corrected chi connectivity index (χ1v) is 10.1. The van der Waals surface area contributed by atoms with E-state index in [0.717, 1.165) is 4.31 Å². The van der Waals surface area contributed by atoms with Gasteiger partial charge in [-0.3, -0.25) is 9.59 Å². The molecule has 1 saturated heterocycles. The third-order valence-corrected chi connectivity index (χ3v) is 6.18. The largest absolute Gasteiger partial charge is 0.379 e. The average Bonchev–Trinajstić information content (AvgIpc) is 2.99. The van der Waals surface area contributed by atoms with Crippen molar-refractivity contribution in [2.75, 3.05) is 38.4 Å². The fraction of sp³-hybridized carbons (Fsp3) is 0.529. The van der Waals surface area contributed by atoms with Gasteiger partial charge in [-0.2, -0.15) is 0 Å². The number of carbonyl (C=O) groups is 2. The molecule has 0 unspecified atom stereocenters. The van der Waals surface area contributed by atoms with Crippen LogP contribution in [0, 0.1) is 11.7 Å². The van der Waals surface area contributed by atoms with E-state index in [2.05, 4.69) is 10.6 Å². The second kappa shape index (κ2) is 9.25. The number of hydrogen-bond acceptors (Lipinski definition) is 5. The summed E-state index contributed by atoms with van der Waals surface area (Å²) in [5.41, 5.74) is 0.318. The topological polar surface area (TPSA) is 105 Å². The second-order valence-electron chi connectivity index (χ2n) is 6.59. The molecule has 1 heterocycles. The highest BCUT2D eigenvalue weighted by atomic mass is 32.2. The van der Waals surface area contributed by atoms with Crippen LogP contribution in [0.5, 0.6) is 0 Å². The summed E-state index contributed by atoms with van der Waals surface area (Å²) in [6.07, 6.45) is -0.138. The first-order chi connectivity index (χ1) is 12.7. The number of carbonyl (C=O) groups excluding carboxylic acids is 2. The van der Waals surface area contributed by atoms with Crippen LogP contribution in [0.3, 0.4) is 0 Å². The monoisotopic (exact) mass is 401 g/mol. The summed E-state index contributed by atoms with van der Waals surface area (Å²) in [6.45, 7) is 0.479. The summed E-state index contributed by atoms with van der Waals surface area (Å²) in [4.78, 5) is 24.0. The molecule has 2 N–H and O–H groups in total. The number of anilines is 1. The Kier molecular flexibility index (Phi) is 7.28. The van der Waals surface area contributed by atoms with Gasteiger partial charge in [0.2, 0.25) is 21.8 Å². The number of amides is 2. The number of hydrogen-bond donors (Lipinski definition) is 2. The Morgan fingerprint density at radius 3 is 2.59 bits per heavy atom. The van der Waals surface area contributed by atoms with Gasteiger partial charge in [0.05, 0.1) is 25.0 Å². The van der Waals surface area contributed by atoms with Crippen molar-refractivity contribution >= 4 is 27.5 Å². The van der Waals surface area contributed by atoms with Gasteiger partial charge in [0.1, 0.15) is 5.82 Å². The molecule has 0 saturated carbocycles. The molecule has 0 radical (unpaired) electrons. The molecule has 0 bridgehead atoms. The van der Waals surface area contributed by atoms with Crippen LogP contribution < -0.4 is 10.6 Å². The van der Waals surface area contributed by atoms with Crippen molar-refractivity contribution in [2.45, 2.75) is 18.9 Å². The van der Waals surface area contributed by atoms with Crippen molar-refractivity contribution in [3.63, 3.8) is 0 Å². The standard InChI is InChI=1S/C17H24FN3O5S/c1-21(2)27(24,25)11-12-9-26-10-15(12)20-17(23)7-6-16(22)19-14-5-3-4-13(18)8-14/h3-5,8,12,15H,6-7,9-11H2,1-2H3,(H,19,22)(H,20,23)/t12-,15-/m0/s1. The van der Waals surface area contributed by atoms with Gasteiger partial charge in [-0.1, -0.05) is 6.07 Å². The number of halogens is 1. The van der Waals surface area contributed by atoms with E-state index in [1.165, 1.54) is 32.3 Å². The predicted molar refractivity (Wildman–Crippen MR) is 98.0 cm³/mol. The zero-order valence-corrected chi connectivity index (χ0v) is 16.1. The number of benzene rings is 1. The van der Waals surface area contributed by atoms with Crippen LogP contribution in [0.15, 0.2) is 24.3 Å². The lowest BCUT2D eigenvalue weighted by atomic mass is 10.1. The van der Waals surface area contributed by atoms with Crippen LogP contribution in [0.2, 0.25) is 0 Å². The molecule has 2 amide bonds. The molecule has 1 aromatic rings. The van der Waals surface area contributed by atoms with Gasteiger partial charge in [-0.05, 0) is 18.2 Å². The van der Waals surface area contributed by atoms with Crippen molar-refractivity contribution in [3.05, 3.63) is 30.1 Å². The summed E-state index contributed by atoms with van der Waals surface area (Å²) in [6, 6.07) is 5.05. The van der Waals surface area contributed by atoms with Crippen LogP contribution in [-0.2, 0) is 24.3 Å². The molecule has 1 aliphatic rings. The summed E-state index contributed by atoms with van der Waals surface area (Å²) in [5.74, 6) is -1.71. The van der Waals surface area contributed by atoms with E-state index in [-0.39, 0.29) is 43.6 Å². The number of nitrogens with one attached hydrogen (secondary N) is 2. The third kappa shape index (κ3) is 6.56. The zero-order valence-electron chi connectivity index (χ0n) is 15.3. The van der Waals surface area contributed by atoms with E-state index in [1.807, 2.05) is 0 Å². The van der Waals surface area contributed by atoms with E-state index in [1.54, 1.807) is 6.07 Å². The summed E-state index contributed by atoms with van der Waals surface area (Å²) >= 11 is 0.